The molecule has 1 aromatic heterocycles. The topological polar surface area (TPSA) is 54.5 Å². The van der Waals surface area contributed by atoms with Crippen LogP contribution in [0.5, 0.6) is 0 Å². The lowest BCUT2D eigenvalue weighted by Gasteiger charge is -2.06. The van der Waals surface area contributed by atoms with E-state index in [-0.39, 0.29) is 0 Å². The maximum atomic E-state index is 4.00. The summed E-state index contributed by atoms with van der Waals surface area (Å²) in [5.74, 6) is 0.631. The molecule has 4 heteroatoms. The summed E-state index contributed by atoms with van der Waals surface area (Å²) in [5, 5.41) is 14.1. The number of rotatable bonds is 3. The molecule has 0 aliphatic carbocycles. The fourth-order valence-electron chi connectivity index (χ4n) is 2.13. The van der Waals surface area contributed by atoms with Gasteiger partial charge in [0.15, 0.2) is 0 Å². The predicted molar refractivity (Wildman–Crippen MR) is 73.6 cm³/mol. The van der Waals surface area contributed by atoms with Gasteiger partial charge in [-0.05, 0) is 41.3 Å². The van der Waals surface area contributed by atoms with Gasteiger partial charge in [-0.2, -0.15) is 5.21 Å². The lowest BCUT2D eigenvalue weighted by Crippen LogP contribution is -1.92. The second-order valence-corrected chi connectivity index (χ2v) is 4.54. The van der Waals surface area contributed by atoms with Gasteiger partial charge in [-0.15, -0.1) is 10.2 Å². The van der Waals surface area contributed by atoms with E-state index in [1.54, 1.807) is 0 Å². The van der Waals surface area contributed by atoms with Crippen molar-refractivity contribution in [3.63, 3.8) is 0 Å². The number of H-pyrrole nitrogens is 1. The van der Waals surface area contributed by atoms with Crippen LogP contribution >= 0.6 is 0 Å². The quantitative estimate of drug-likeness (QED) is 0.777. The SMILES string of the molecule is Cc1ccccc1Cc1cccc(-c2nn[nH]n2)c1. The molecule has 1 heterocycles. The van der Waals surface area contributed by atoms with Crippen molar-refractivity contribution < 1.29 is 0 Å². The zero-order valence-corrected chi connectivity index (χ0v) is 10.7. The van der Waals surface area contributed by atoms with Crippen molar-refractivity contribution in [2.75, 3.05) is 0 Å². The van der Waals surface area contributed by atoms with E-state index in [9.17, 15) is 0 Å². The molecule has 2 aromatic carbocycles. The second kappa shape index (κ2) is 5.02. The van der Waals surface area contributed by atoms with E-state index in [1.165, 1.54) is 16.7 Å². The Hall–Kier alpha value is -2.49. The Labute approximate surface area is 111 Å². The van der Waals surface area contributed by atoms with Crippen LogP contribution in [0.3, 0.4) is 0 Å². The lowest BCUT2D eigenvalue weighted by atomic mass is 9.99. The van der Waals surface area contributed by atoms with E-state index in [4.69, 9.17) is 0 Å². The summed E-state index contributed by atoms with van der Waals surface area (Å²) in [6, 6.07) is 16.7. The molecular weight excluding hydrogens is 236 g/mol. The van der Waals surface area contributed by atoms with Crippen molar-refractivity contribution in [3.05, 3.63) is 65.2 Å². The largest absolute Gasteiger partial charge is 0.204 e. The monoisotopic (exact) mass is 250 g/mol. The number of nitrogens with zero attached hydrogens (tertiary/aromatic N) is 3. The summed E-state index contributed by atoms with van der Waals surface area (Å²) in [6.07, 6.45) is 0.915. The van der Waals surface area contributed by atoms with E-state index in [0.717, 1.165) is 12.0 Å². The number of hydrogen-bond donors (Lipinski definition) is 1. The summed E-state index contributed by atoms with van der Waals surface area (Å²) >= 11 is 0. The first-order valence-electron chi connectivity index (χ1n) is 6.20. The van der Waals surface area contributed by atoms with Crippen LogP contribution in [0.4, 0.5) is 0 Å². The number of aryl methyl sites for hydroxylation is 1. The number of nitrogens with one attached hydrogen (secondary N) is 1. The van der Waals surface area contributed by atoms with Crippen molar-refractivity contribution in [1.82, 2.24) is 20.6 Å². The lowest BCUT2D eigenvalue weighted by molar-refractivity contribution is 0.881. The smallest absolute Gasteiger partial charge is 0.177 e. The Morgan fingerprint density at radius 3 is 2.74 bits per heavy atom. The molecule has 1 N–H and O–H groups in total. The zero-order valence-electron chi connectivity index (χ0n) is 10.7. The molecule has 0 aliphatic heterocycles. The summed E-state index contributed by atoms with van der Waals surface area (Å²) in [7, 11) is 0. The highest BCUT2D eigenvalue weighted by molar-refractivity contribution is 5.55. The summed E-state index contributed by atoms with van der Waals surface area (Å²) in [6.45, 7) is 2.14. The molecule has 0 unspecified atom stereocenters. The minimum Gasteiger partial charge on any atom is -0.177 e. The van der Waals surface area contributed by atoms with Crippen LogP contribution in [-0.4, -0.2) is 20.6 Å². The van der Waals surface area contributed by atoms with Gasteiger partial charge in [0.05, 0.1) is 0 Å². The van der Waals surface area contributed by atoms with Crippen LogP contribution in [0.15, 0.2) is 48.5 Å². The zero-order chi connectivity index (χ0) is 13.1. The number of aromatic nitrogens is 4. The molecule has 4 nitrogen and oxygen atoms in total. The molecule has 0 saturated carbocycles. The van der Waals surface area contributed by atoms with Crippen LogP contribution in [0.25, 0.3) is 11.4 Å². The molecule has 0 radical (unpaired) electrons. The normalized spacial score (nSPS) is 10.6. The molecule has 0 aliphatic rings. The molecule has 0 bridgehead atoms. The third-order valence-corrected chi connectivity index (χ3v) is 3.19. The molecule has 0 amide bonds. The average Bonchev–Trinajstić information content (AvgIpc) is 2.96. The summed E-state index contributed by atoms with van der Waals surface area (Å²) in [5.41, 5.74) is 4.89. The number of aromatic amines is 1. The molecular formula is C15H14N4. The minimum absolute atomic E-state index is 0.631. The Morgan fingerprint density at radius 1 is 1.05 bits per heavy atom. The first kappa shape index (κ1) is 11.6. The van der Waals surface area contributed by atoms with E-state index < -0.39 is 0 Å². The van der Waals surface area contributed by atoms with Gasteiger partial charge in [0.1, 0.15) is 0 Å². The second-order valence-electron chi connectivity index (χ2n) is 4.54. The Kier molecular flexibility index (Phi) is 3.06. The van der Waals surface area contributed by atoms with Crippen molar-refractivity contribution in [2.45, 2.75) is 13.3 Å². The number of benzene rings is 2. The molecule has 3 rings (SSSR count). The minimum atomic E-state index is 0.631. The summed E-state index contributed by atoms with van der Waals surface area (Å²) < 4.78 is 0. The first-order valence-corrected chi connectivity index (χ1v) is 6.20. The molecule has 94 valence electrons. The van der Waals surface area contributed by atoms with Crippen LogP contribution in [0, 0.1) is 6.92 Å². The van der Waals surface area contributed by atoms with Gasteiger partial charge in [-0.1, -0.05) is 42.5 Å². The van der Waals surface area contributed by atoms with Gasteiger partial charge in [0.2, 0.25) is 5.82 Å². The van der Waals surface area contributed by atoms with Gasteiger partial charge in [-0.25, -0.2) is 0 Å². The third kappa shape index (κ3) is 2.52. The molecule has 0 spiro atoms. The standard InChI is InChI=1S/C15H14N4/c1-11-5-2-3-7-13(11)9-12-6-4-8-14(10-12)15-16-18-19-17-15/h2-8,10H,9H2,1H3,(H,16,17,18,19). The van der Waals surface area contributed by atoms with Crippen molar-refractivity contribution in [1.29, 1.82) is 0 Å². The van der Waals surface area contributed by atoms with Crippen LogP contribution < -0.4 is 0 Å². The number of hydrogen-bond acceptors (Lipinski definition) is 3. The molecule has 19 heavy (non-hydrogen) atoms. The summed E-state index contributed by atoms with van der Waals surface area (Å²) in [4.78, 5) is 0. The van der Waals surface area contributed by atoms with Crippen molar-refractivity contribution in [3.8, 4) is 11.4 Å². The molecule has 0 saturated heterocycles. The molecule has 0 atom stereocenters. The third-order valence-electron chi connectivity index (χ3n) is 3.19. The molecule has 0 fully saturated rings. The maximum Gasteiger partial charge on any atom is 0.204 e. The van der Waals surface area contributed by atoms with Crippen molar-refractivity contribution in [2.24, 2.45) is 0 Å². The average molecular weight is 250 g/mol. The van der Waals surface area contributed by atoms with E-state index in [0.29, 0.717) is 5.82 Å². The Bertz CT molecular complexity index is 674. The highest BCUT2D eigenvalue weighted by Gasteiger charge is 2.05. The van der Waals surface area contributed by atoms with E-state index >= 15 is 0 Å². The Morgan fingerprint density at radius 2 is 1.95 bits per heavy atom. The fourth-order valence-corrected chi connectivity index (χ4v) is 2.13. The van der Waals surface area contributed by atoms with Crippen LogP contribution in [-0.2, 0) is 6.42 Å². The highest BCUT2D eigenvalue weighted by atomic mass is 15.5. The van der Waals surface area contributed by atoms with Crippen LogP contribution in [0.2, 0.25) is 0 Å². The fraction of sp³-hybridized carbons (Fsp3) is 0.133. The van der Waals surface area contributed by atoms with E-state index in [1.807, 2.05) is 12.1 Å². The number of tetrazole rings is 1. The van der Waals surface area contributed by atoms with E-state index in [2.05, 4.69) is 63.9 Å². The van der Waals surface area contributed by atoms with Gasteiger partial charge in [0, 0.05) is 5.56 Å². The van der Waals surface area contributed by atoms with Crippen molar-refractivity contribution >= 4 is 0 Å². The Balaban J connectivity index is 1.90. The van der Waals surface area contributed by atoms with Gasteiger partial charge in [-0.3, -0.25) is 0 Å². The highest BCUT2D eigenvalue weighted by Crippen LogP contribution is 2.18. The van der Waals surface area contributed by atoms with Crippen LogP contribution in [0.1, 0.15) is 16.7 Å². The van der Waals surface area contributed by atoms with Gasteiger partial charge < -0.3 is 0 Å². The molecule has 3 aromatic rings. The predicted octanol–water partition coefficient (Wildman–Crippen LogP) is 2.77. The maximum absolute atomic E-state index is 4.00. The van der Waals surface area contributed by atoms with Gasteiger partial charge >= 0.3 is 0 Å². The van der Waals surface area contributed by atoms with Gasteiger partial charge in [0.25, 0.3) is 0 Å². The first-order chi connectivity index (χ1) is 9.33.